The third-order valence-corrected chi connectivity index (χ3v) is 3.77. The number of nitrogens with one attached hydrogen (secondary N) is 1. The summed E-state index contributed by atoms with van der Waals surface area (Å²) in [6.45, 7) is 13.5. The lowest BCUT2D eigenvalue weighted by Crippen LogP contribution is -2.53. The van der Waals surface area contributed by atoms with E-state index < -0.39 is 0 Å². The SMILES string of the molecule is COC1(CN(CC(C)C)C(C)C)CCNCC1. The maximum absolute atomic E-state index is 5.86. The van der Waals surface area contributed by atoms with E-state index in [4.69, 9.17) is 4.74 Å². The summed E-state index contributed by atoms with van der Waals surface area (Å²) < 4.78 is 5.86. The van der Waals surface area contributed by atoms with Gasteiger partial charge in [0.15, 0.2) is 0 Å². The Labute approximate surface area is 107 Å². The van der Waals surface area contributed by atoms with E-state index in [1.807, 2.05) is 7.11 Å². The fraction of sp³-hybridized carbons (Fsp3) is 1.00. The van der Waals surface area contributed by atoms with Crippen LogP contribution in [0.3, 0.4) is 0 Å². The molecule has 3 heteroatoms. The van der Waals surface area contributed by atoms with Gasteiger partial charge in [0, 0.05) is 26.2 Å². The first-order valence-corrected chi connectivity index (χ1v) is 6.99. The molecule has 0 amide bonds. The van der Waals surface area contributed by atoms with Gasteiger partial charge in [-0.1, -0.05) is 13.8 Å². The lowest BCUT2D eigenvalue weighted by atomic mass is 9.90. The molecule has 1 fully saturated rings. The molecule has 0 aromatic heterocycles. The van der Waals surface area contributed by atoms with Crippen molar-refractivity contribution in [1.29, 1.82) is 0 Å². The first kappa shape index (κ1) is 14.9. The molecule has 1 N–H and O–H groups in total. The molecular formula is C14H30N2O. The monoisotopic (exact) mass is 242 g/mol. The standard InChI is InChI=1S/C14H30N2O/c1-12(2)10-16(13(3)4)11-14(17-5)6-8-15-9-7-14/h12-13,15H,6-11H2,1-5H3. The van der Waals surface area contributed by atoms with Gasteiger partial charge in [0.25, 0.3) is 0 Å². The minimum Gasteiger partial charge on any atom is -0.377 e. The second kappa shape index (κ2) is 6.72. The molecule has 0 saturated carbocycles. The minimum absolute atomic E-state index is 0.0738. The quantitative estimate of drug-likeness (QED) is 0.772. The Morgan fingerprint density at radius 2 is 1.76 bits per heavy atom. The molecule has 0 unspecified atom stereocenters. The minimum atomic E-state index is 0.0738. The van der Waals surface area contributed by atoms with Crippen molar-refractivity contribution in [1.82, 2.24) is 10.2 Å². The van der Waals surface area contributed by atoms with Crippen molar-refractivity contribution < 1.29 is 4.74 Å². The molecule has 1 rings (SSSR count). The number of rotatable bonds is 6. The molecule has 0 atom stereocenters. The molecular weight excluding hydrogens is 212 g/mol. The molecule has 1 aliphatic rings. The van der Waals surface area contributed by atoms with Crippen molar-refractivity contribution in [3.8, 4) is 0 Å². The molecule has 0 radical (unpaired) electrons. The van der Waals surface area contributed by atoms with E-state index in [9.17, 15) is 0 Å². The zero-order valence-electron chi connectivity index (χ0n) is 12.3. The summed E-state index contributed by atoms with van der Waals surface area (Å²) in [4.78, 5) is 2.57. The van der Waals surface area contributed by atoms with Crippen molar-refractivity contribution in [3.05, 3.63) is 0 Å². The van der Waals surface area contributed by atoms with Crippen molar-refractivity contribution in [2.45, 2.75) is 52.2 Å². The number of ether oxygens (including phenoxy) is 1. The fourth-order valence-electron chi connectivity index (χ4n) is 2.61. The van der Waals surface area contributed by atoms with E-state index >= 15 is 0 Å². The van der Waals surface area contributed by atoms with Crippen molar-refractivity contribution in [2.75, 3.05) is 33.3 Å². The maximum Gasteiger partial charge on any atom is 0.0829 e. The predicted molar refractivity (Wildman–Crippen MR) is 73.4 cm³/mol. The summed E-state index contributed by atoms with van der Waals surface area (Å²) in [5, 5.41) is 3.42. The highest BCUT2D eigenvalue weighted by Crippen LogP contribution is 2.25. The highest BCUT2D eigenvalue weighted by molar-refractivity contribution is 4.90. The molecule has 3 nitrogen and oxygen atoms in total. The van der Waals surface area contributed by atoms with Crippen LogP contribution in [0.2, 0.25) is 0 Å². The van der Waals surface area contributed by atoms with E-state index in [1.54, 1.807) is 0 Å². The number of piperidine rings is 1. The Bertz CT molecular complexity index is 210. The van der Waals surface area contributed by atoms with E-state index in [2.05, 4.69) is 37.9 Å². The third-order valence-electron chi connectivity index (χ3n) is 3.77. The average molecular weight is 242 g/mol. The van der Waals surface area contributed by atoms with Crippen LogP contribution in [0.15, 0.2) is 0 Å². The summed E-state index contributed by atoms with van der Waals surface area (Å²) >= 11 is 0. The molecule has 1 aliphatic heterocycles. The molecule has 1 heterocycles. The number of hydrogen-bond donors (Lipinski definition) is 1. The van der Waals surface area contributed by atoms with Crippen LogP contribution in [-0.4, -0.2) is 49.8 Å². The zero-order chi connectivity index (χ0) is 12.9. The Hall–Kier alpha value is -0.120. The normalized spacial score (nSPS) is 20.5. The average Bonchev–Trinajstić information content (AvgIpc) is 2.29. The van der Waals surface area contributed by atoms with E-state index in [1.165, 1.54) is 0 Å². The molecule has 0 spiro atoms. The van der Waals surface area contributed by atoms with Gasteiger partial charge in [-0.15, -0.1) is 0 Å². The van der Waals surface area contributed by atoms with E-state index in [0.29, 0.717) is 12.0 Å². The summed E-state index contributed by atoms with van der Waals surface area (Å²) in [7, 11) is 1.87. The van der Waals surface area contributed by atoms with Gasteiger partial charge in [0.05, 0.1) is 5.60 Å². The van der Waals surface area contributed by atoms with E-state index in [0.717, 1.165) is 39.0 Å². The number of methoxy groups -OCH3 is 1. The first-order valence-electron chi connectivity index (χ1n) is 6.99. The van der Waals surface area contributed by atoms with Crippen LogP contribution in [0.4, 0.5) is 0 Å². The first-order chi connectivity index (χ1) is 7.99. The van der Waals surface area contributed by atoms with Gasteiger partial charge in [0.2, 0.25) is 0 Å². The molecule has 1 saturated heterocycles. The summed E-state index contributed by atoms with van der Waals surface area (Å²) in [6.07, 6.45) is 2.26. The van der Waals surface area contributed by atoms with E-state index in [-0.39, 0.29) is 5.60 Å². The van der Waals surface area contributed by atoms with Crippen LogP contribution in [0.5, 0.6) is 0 Å². The van der Waals surface area contributed by atoms with Crippen LogP contribution in [0.1, 0.15) is 40.5 Å². The third kappa shape index (κ3) is 4.57. The smallest absolute Gasteiger partial charge is 0.0829 e. The van der Waals surface area contributed by atoms with Gasteiger partial charge in [0.1, 0.15) is 0 Å². The van der Waals surface area contributed by atoms with Gasteiger partial charge < -0.3 is 10.1 Å². The highest BCUT2D eigenvalue weighted by atomic mass is 16.5. The molecule has 17 heavy (non-hydrogen) atoms. The lowest BCUT2D eigenvalue weighted by molar-refractivity contribution is -0.0639. The summed E-state index contributed by atoms with van der Waals surface area (Å²) in [6, 6.07) is 0.597. The lowest BCUT2D eigenvalue weighted by Gasteiger charge is -2.42. The van der Waals surface area contributed by atoms with Crippen LogP contribution >= 0.6 is 0 Å². The van der Waals surface area contributed by atoms with Gasteiger partial charge in [-0.2, -0.15) is 0 Å². The Balaban J connectivity index is 2.62. The molecule has 0 aromatic rings. The zero-order valence-corrected chi connectivity index (χ0v) is 12.3. The van der Waals surface area contributed by atoms with Crippen LogP contribution < -0.4 is 5.32 Å². The summed E-state index contributed by atoms with van der Waals surface area (Å²) in [5.74, 6) is 0.716. The van der Waals surface area contributed by atoms with Gasteiger partial charge >= 0.3 is 0 Å². The van der Waals surface area contributed by atoms with Crippen LogP contribution in [-0.2, 0) is 4.74 Å². The predicted octanol–water partition coefficient (Wildman–Crippen LogP) is 2.12. The van der Waals surface area contributed by atoms with Crippen molar-refractivity contribution >= 4 is 0 Å². The van der Waals surface area contributed by atoms with Gasteiger partial charge in [-0.25, -0.2) is 0 Å². The second-order valence-corrected chi connectivity index (χ2v) is 6.05. The van der Waals surface area contributed by atoms with Gasteiger partial charge in [-0.3, -0.25) is 4.90 Å². The molecule has 0 aromatic carbocycles. The summed E-state index contributed by atoms with van der Waals surface area (Å²) in [5.41, 5.74) is 0.0738. The number of hydrogen-bond acceptors (Lipinski definition) is 3. The number of nitrogens with zero attached hydrogens (tertiary/aromatic N) is 1. The maximum atomic E-state index is 5.86. The van der Waals surface area contributed by atoms with Crippen molar-refractivity contribution in [3.63, 3.8) is 0 Å². The molecule has 0 bridgehead atoms. The topological polar surface area (TPSA) is 24.5 Å². The Morgan fingerprint density at radius 3 is 2.18 bits per heavy atom. The molecule has 0 aliphatic carbocycles. The Kier molecular flexibility index (Phi) is 5.90. The second-order valence-electron chi connectivity index (χ2n) is 6.05. The van der Waals surface area contributed by atoms with Crippen LogP contribution in [0.25, 0.3) is 0 Å². The molecule has 102 valence electrons. The van der Waals surface area contributed by atoms with Gasteiger partial charge in [-0.05, 0) is 45.7 Å². The Morgan fingerprint density at radius 1 is 1.18 bits per heavy atom. The van der Waals surface area contributed by atoms with Crippen molar-refractivity contribution in [2.24, 2.45) is 5.92 Å². The largest absolute Gasteiger partial charge is 0.377 e. The fourth-order valence-corrected chi connectivity index (χ4v) is 2.61. The van der Waals surface area contributed by atoms with Crippen LogP contribution in [0, 0.1) is 5.92 Å². The highest BCUT2D eigenvalue weighted by Gasteiger charge is 2.34.